The lowest BCUT2D eigenvalue weighted by Gasteiger charge is -2.35. The van der Waals surface area contributed by atoms with E-state index in [1.807, 2.05) is 53.4 Å². The minimum Gasteiger partial charge on any atom is -0.336 e. The van der Waals surface area contributed by atoms with Crippen LogP contribution in [0.1, 0.15) is 15.9 Å². The third-order valence-corrected chi connectivity index (χ3v) is 4.96. The zero-order chi connectivity index (χ0) is 18.6. The van der Waals surface area contributed by atoms with Gasteiger partial charge >= 0.3 is 0 Å². The number of tetrazole rings is 1. The summed E-state index contributed by atoms with van der Waals surface area (Å²) in [6.45, 7) is 3.91. The first kappa shape index (κ1) is 17.6. The minimum absolute atomic E-state index is 0.00671. The van der Waals surface area contributed by atoms with Gasteiger partial charge in [0.05, 0.1) is 11.3 Å². The lowest BCUT2D eigenvalue weighted by molar-refractivity contribution is 0.0628. The van der Waals surface area contributed by atoms with Gasteiger partial charge in [0.25, 0.3) is 5.91 Å². The molecule has 138 valence electrons. The molecule has 0 aliphatic carbocycles. The molecule has 4 rings (SSSR count). The largest absolute Gasteiger partial charge is 0.336 e. The molecule has 0 saturated carbocycles. The Morgan fingerprint density at radius 3 is 2.44 bits per heavy atom. The van der Waals surface area contributed by atoms with E-state index >= 15 is 0 Å². The number of aromatic nitrogens is 4. The Labute approximate surface area is 162 Å². The van der Waals surface area contributed by atoms with Gasteiger partial charge in [0, 0.05) is 37.7 Å². The van der Waals surface area contributed by atoms with Gasteiger partial charge in [-0.2, -0.15) is 4.68 Å². The van der Waals surface area contributed by atoms with Crippen molar-refractivity contribution in [1.82, 2.24) is 30.0 Å². The predicted molar refractivity (Wildman–Crippen MR) is 102 cm³/mol. The van der Waals surface area contributed by atoms with Gasteiger partial charge in [0.1, 0.15) is 6.33 Å². The van der Waals surface area contributed by atoms with Crippen molar-refractivity contribution in [2.45, 2.75) is 6.54 Å². The highest BCUT2D eigenvalue weighted by Crippen LogP contribution is 2.18. The fourth-order valence-electron chi connectivity index (χ4n) is 3.25. The first-order valence-electron chi connectivity index (χ1n) is 8.79. The summed E-state index contributed by atoms with van der Waals surface area (Å²) in [6.07, 6.45) is 1.50. The van der Waals surface area contributed by atoms with E-state index in [0.717, 1.165) is 24.7 Å². The minimum atomic E-state index is 0.00671. The van der Waals surface area contributed by atoms with Gasteiger partial charge in [-0.05, 0) is 40.3 Å². The maximum atomic E-state index is 13.0. The molecule has 8 heteroatoms. The Balaban J connectivity index is 1.41. The van der Waals surface area contributed by atoms with Crippen LogP contribution < -0.4 is 0 Å². The van der Waals surface area contributed by atoms with E-state index in [4.69, 9.17) is 11.6 Å². The molecule has 0 unspecified atom stereocenters. The molecule has 0 N–H and O–H groups in total. The molecule has 2 heterocycles. The van der Waals surface area contributed by atoms with Gasteiger partial charge in [-0.1, -0.05) is 35.9 Å². The number of amides is 1. The second-order valence-corrected chi connectivity index (χ2v) is 6.90. The van der Waals surface area contributed by atoms with Crippen molar-refractivity contribution in [2.75, 3.05) is 26.2 Å². The number of hydrogen-bond acceptors (Lipinski definition) is 5. The Kier molecular flexibility index (Phi) is 5.13. The molecule has 1 aliphatic heterocycles. The molecule has 0 atom stereocenters. The number of hydrogen-bond donors (Lipinski definition) is 0. The summed E-state index contributed by atoms with van der Waals surface area (Å²) < 4.78 is 1.52. The summed E-state index contributed by atoms with van der Waals surface area (Å²) in [5, 5.41) is 12.0. The lowest BCUT2D eigenvalue weighted by Crippen LogP contribution is -2.48. The molecule has 1 fully saturated rings. The highest BCUT2D eigenvalue weighted by molar-refractivity contribution is 6.30. The Morgan fingerprint density at radius 2 is 1.74 bits per heavy atom. The fraction of sp³-hybridized carbons (Fsp3) is 0.263. The van der Waals surface area contributed by atoms with Gasteiger partial charge in [-0.15, -0.1) is 5.10 Å². The summed E-state index contributed by atoms with van der Waals surface area (Å²) >= 11 is 5.94. The molecule has 0 bridgehead atoms. The number of para-hydroxylation sites is 1. The molecule has 0 spiro atoms. The van der Waals surface area contributed by atoms with Crippen LogP contribution in [0.15, 0.2) is 54.9 Å². The first-order valence-corrected chi connectivity index (χ1v) is 9.17. The van der Waals surface area contributed by atoms with Crippen LogP contribution in [-0.4, -0.2) is 62.1 Å². The highest BCUT2D eigenvalue weighted by Gasteiger charge is 2.24. The smallest absolute Gasteiger partial charge is 0.256 e. The SMILES string of the molecule is O=C(c1ccccc1-n1cnnn1)N1CCN(Cc2ccc(Cl)cc2)CC1. The zero-order valence-electron chi connectivity index (χ0n) is 14.7. The van der Waals surface area contributed by atoms with E-state index in [-0.39, 0.29) is 5.91 Å². The van der Waals surface area contributed by atoms with Crippen molar-refractivity contribution in [3.05, 3.63) is 71.0 Å². The summed E-state index contributed by atoms with van der Waals surface area (Å²) in [5.41, 5.74) is 2.52. The standard InChI is InChI=1S/C19H19ClN6O/c20-16-7-5-15(6-8-16)13-24-9-11-25(12-10-24)19(27)17-3-1-2-4-18(17)26-14-21-22-23-26/h1-8,14H,9-13H2. The van der Waals surface area contributed by atoms with E-state index in [9.17, 15) is 4.79 Å². The summed E-state index contributed by atoms with van der Waals surface area (Å²) in [6, 6.07) is 15.3. The van der Waals surface area contributed by atoms with Gasteiger partial charge in [0.15, 0.2) is 0 Å². The lowest BCUT2D eigenvalue weighted by atomic mass is 10.1. The van der Waals surface area contributed by atoms with Gasteiger partial charge in [0.2, 0.25) is 0 Å². The molecule has 0 radical (unpaired) electrons. The van der Waals surface area contributed by atoms with Crippen LogP contribution in [-0.2, 0) is 6.54 Å². The number of carbonyl (C=O) groups is 1. The van der Waals surface area contributed by atoms with Crippen LogP contribution >= 0.6 is 11.6 Å². The van der Waals surface area contributed by atoms with Crippen LogP contribution in [0, 0.1) is 0 Å². The second-order valence-electron chi connectivity index (χ2n) is 6.47. The molecule has 7 nitrogen and oxygen atoms in total. The molecule has 1 amide bonds. The third-order valence-electron chi connectivity index (χ3n) is 4.71. The Bertz CT molecular complexity index is 904. The zero-order valence-corrected chi connectivity index (χ0v) is 15.5. The molecule has 27 heavy (non-hydrogen) atoms. The van der Waals surface area contributed by atoms with Crippen molar-refractivity contribution >= 4 is 17.5 Å². The van der Waals surface area contributed by atoms with Crippen LogP contribution in [0.25, 0.3) is 5.69 Å². The van der Waals surface area contributed by atoms with Crippen molar-refractivity contribution < 1.29 is 4.79 Å². The molecule has 1 aromatic heterocycles. The Hall–Kier alpha value is -2.77. The fourth-order valence-corrected chi connectivity index (χ4v) is 3.38. The van der Waals surface area contributed by atoms with Crippen molar-refractivity contribution in [1.29, 1.82) is 0 Å². The second kappa shape index (κ2) is 7.85. The van der Waals surface area contributed by atoms with E-state index in [1.165, 1.54) is 16.6 Å². The molecular formula is C19H19ClN6O. The van der Waals surface area contributed by atoms with E-state index in [2.05, 4.69) is 20.4 Å². The first-order chi connectivity index (χ1) is 13.2. The summed E-state index contributed by atoms with van der Waals surface area (Å²) in [5.74, 6) is 0.00671. The molecule has 1 saturated heterocycles. The monoisotopic (exact) mass is 382 g/mol. The molecule has 1 aliphatic rings. The summed E-state index contributed by atoms with van der Waals surface area (Å²) in [7, 11) is 0. The molecule has 2 aromatic carbocycles. The number of nitrogens with zero attached hydrogens (tertiary/aromatic N) is 6. The van der Waals surface area contributed by atoms with Crippen LogP contribution in [0.5, 0.6) is 0 Å². The van der Waals surface area contributed by atoms with Crippen molar-refractivity contribution in [3.8, 4) is 5.69 Å². The normalized spacial score (nSPS) is 15.1. The van der Waals surface area contributed by atoms with Crippen LogP contribution in [0.2, 0.25) is 5.02 Å². The topological polar surface area (TPSA) is 67.2 Å². The molecule has 3 aromatic rings. The number of halogens is 1. The summed E-state index contributed by atoms with van der Waals surface area (Å²) in [4.78, 5) is 17.3. The predicted octanol–water partition coefficient (Wildman–Crippen LogP) is 2.27. The average Bonchev–Trinajstić information content (AvgIpc) is 3.24. The third kappa shape index (κ3) is 3.99. The number of rotatable bonds is 4. The Morgan fingerprint density at radius 1 is 1.00 bits per heavy atom. The van der Waals surface area contributed by atoms with E-state index in [0.29, 0.717) is 24.3 Å². The maximum absolute atomic E-state index is 13.0. The molecular weight excluding hydrogens is 364 g/mol. The number of piperazine rings is 1. The maximum Gasteiger partial charge on any atom is 0.256 e. The quantitative estimate of drug-likeness (QED) is 0.692. The number of carbonyl (C=O) groups excluding carboxylic acids is 1. The van der Waals surface area contributed by atoms with Gasteiger partial charge < -0.3 is 4.90 Å². The van der Waals surface area contributed by atoms with Gasteiger partial charge in [-0.25, -0.2) is 0 Å². The highest BCUT2D eigenvalue weighted by atomic mass is 35.5. The van der Waals surface area contributed by atoms with Crippen molar-refractivity contribution in [3.63, 3.8) is 0 Å². The van der Waals surface area contributed by atoms with Crippen molar-refractivity contribution in [2.24, 2.45) is 0 Å². The van der Waals surface area contributed by atoms with Crippen LogP contribution in [0.4, 0.5) is 0 Å². The van der Waals surface area contributed by atoms with E-state index < -0.39 is 0 Å². The average molecular weight is 383 g/mol. The van der Waals surface area contributed by atoms with Crippen LogP contribution in [0.3, 0.4) is 0 Å². The van der Waals surface area contributed by atoms with E-state index in [1.54, 1.807) is 0 Å². The number of benzene rings is 2. The van der Waals surface area contributed by atoms with Gasteiger partial charge in [-0.3, -0.25) is 9.69 Å².